The Morgan fingerprint density at radius 3 is 2.55 bits per heavy atom. The zero-order valence-electron chi connectivity index (χ0n) is 12.2. The van der Waals surface area contributed by atoms with Crippen LogP contribution in [-0.2, 0) is 0 Å². The lowest BCUT2D eigenvalue weighted by Gasteiger charge is -2.11. The van der Waals surface area contributed by atoms with E-state index in [1.165, 1.54) is 0 Å². The molecule has 2 heterocycles. The summed E-state index contributed by atoms with van der Waals surface area (Å²) in [5.74, 6) is -0.0781. The Labute approximate surface area is 128 Å². The van der Waals surface area contributed by atoms with E-state index in [1.807, 2.05) is 31.2 Å². The number of aromatic nitrogens is 2. The van der Waals surface area contributed by atoms with Crippen molar-refractivity contribution in [3.8, 4) is 0 Å². The Balaban J connectivity index is 1.95. The summed E-state index contributed by atoms with van der Waals surface area (Å²) in [6, 6.07) is 13.2. The molecule has 3 rings (SSSR count). The molecule has 0 atom stereocenters. The third-order valence-corrected chi connectivity index (χ3v) is 3.31. The van der Waals surface area contributed by atoms with Crippen LogP contribution in [0.5, 0.6) is 0 Å². The maximum absolute atomic E-state index is 12.6. The van der Waals surface area contributed by atoms with E-state index in [1.54, 1.807) is 43.0 Å². The van der Waals surface area contributed by atoms with Gasteiger partial charge in [-0.15, -0.1) is 0 Å². The van der Waals surface area contributed by atoms with Gasteiger partial charge in [0.1, 0.15) is 0 Å². The molecule has 0 bridgehead atoms. The first kappa shape index (κ1) is 13.9. The molecule has 0 saturated carbocycles. The van der Waals surface area contributed by atoms with Crippen LogP contribution in [0.2, 0.25) is 0 Å². The van der Waals surface area contributed by atoms with E-state index in [9.17, 15) is 4.79 Å². The molecule has 2 aromatic heterocycles. The minimum absolute atomic E-state index is 0.0781. The zero-order valence-corrected chi connectivity index (χ0v) is 12.2. The van der Waals surface area contributed by atoms with E-state index in [0.717, 1.165) is 16.9 Å². The van der Waals surface area contributed by atoms with Crippen LogP contribution in [0.1, 0.15) is 21.5 Å². The molecule has 0 fully saturated rings. The predicted molar refractivity (Wildman–Crippen MR) is 86.4 cm³/mol. The number of pyridine rings is 2. The van der Waals surface area contributed by atoms with Gasteiger partial charge in [-0.05, 0) is 42.8 Å². The predicted octanol–water partition coefficient (Wildman–Crippen LogP) is 3.76. The largest absolute Gasteiger partial charge is 0.355 e. The summed E-state index contributed by atoms with van der Waals surface area (Å²) in [6.07, 6.45) is 6.47. The number of anilines is 2. The summed E-state index contributed by atoms with van der Waals surface area (Å²) < 4.78 is 0. The van der Waals surface area contributed by atoms with Crippen molar-refractivity contribution in [1.82, 2.24) is 9.97 Å². The molecule has 108 valence electrons. The molecule has 1 aromatic carbocycles. The average molecular weight is 289 g/mol. The fourth-order valence-corrected chi connectivity index (χ4v) is 2.22. The normalized spacial score (nSPS) is 10.2. The van der Waals surface area contributed by atoms with Crippen LogP contribution < -0.4 is 5.32 Å². The smallest absolute Gasteiger partial charge is 0.196 e. The Morgan fingerprint density at radius 1 is 1.00 bits per heavy atom. The quantitative estimate of drug-likeness (QED) is 0.743. The molecule has 4 nitrogen and oxygen atoms in total. The molecule has 0 unspecified atom stereocenters. The third-order valence-electron chi connectivity index (χ3n) is 3.31. The lowest BCUT2D eigenvalue weighted by molar-refractivity contribution is 0.103. The van der Waals surface area contributed by atoms with Crippen molar-refractivity contribution >= 4 is 17.2 Å². The summed E-state index contributed by atoms with van der Waals surface area (Å²) in [5.41, 5.74) is 3.96. The number of rotatable bonds is 4. The molecule has 4 heteroatoms. The number of hydrogen-bond acceptors (Lipinski definition) is 4. The second-order valence-electron chi connectivity index (χ2n) is 4.98. The molecule has 0 saturated heterocycles. The van der Waals surface area contributed by atoms with Gasteiger partial charge in [0.25, 0.3) is 0 Å². The summed E-state index contributed by atoms with van der Waals surface area (Å²) >= 11 is 0. The van der Waals surface area contributed by atoms with Crippen LogP contribution >= 0.6 is 0 Å². The monoisotopic (exact) mass is 289 g/mol. The average Bonchev–Trinajstić information content (AvgIpc) is 2.56. The van der Waals surface area contributed by atoms with Crippen molar-refractivity contribution < 1.29 is 4.79 Å². The lowest BCUT2D eigenvalue weighted by atomic mass is 10.0. The number of benzene rings is 1. The van der Waals surface area contributed by atoms with Crippen molar-refractivity contribution in [2.75, 3.05) is 5.32 Å². The van der Waals surface area contributed by atoms with Crippen molar-refractivity contribution in [2.24, 2.45) is 0 Å². The van der Waals surface area contributed by atoms with Gasteiger partial charge in [0.15, 0.2) is 5.78 Å². The van der Waals surface area contributed by atoms with E-state index in [-0.39, 0.29) is 5.78 Å². The van der Waals surface area contributed by atoms with E-state index in [4.69, 9.17) is 0 Å². The van der Waals surface area contributed by atoms with Gasteiger partial charge in [-0.3, -0.25) is 14.8 Å². The molecule has 22 heavy (non-hydrogen) atoms. The first-order chi connectivity index (χ1) is 10.7. The molecule has 0 amide bonds. The SMILES string of the molecule is Cc1cccc(Nc2ccncc2C(=O)c2ccncc2)c1. The Hall–Kier alpha value is -3.01. The molecule has 1 N–H and O–H groups in total. The summed E-state index contributed by atoms with van der Waals surface area (Å²) in [6.45, 7) is 2.03. The highest BCUT2D eigenvalue weighted by Gasteiger charge is 2.13. The molecule has 0 aliphatic heterocycles. The number of carbonyl (C=O) groups excluding carboxylic acids is 1. The van der Waals surface area contributed by atoms with Gasteiger partial charge in [0.05, 0.1) is 11.3 Å². The zero-order chi connectivity index (χ0) is 15.4. The molecule has 0 radical (unpaired) electrons. The van der Waals surface area contributed by atoms with Crippen molar-refractivity contribution in [2.45, 2.75) is 6.92 Å². The fourth-order valence-electron chi connectivity index (χ4n) is 2.22. The van der Waals surface area contributed by atoms with Crippen molar-refractivity contribution in [3.05, 3.63) is 83.9 Å². The fraction of sp³-hybridized carbons (Fsp3) is 0.0556. The third kappa shape index (κ3) is 3.01. The minimum atomic E-state index is -0.0781. The van der Waals surface area contributed by atoms with Gasteiger partial charge in [0, 0.05) is 36.0 Å². The summed E-state index contributed by atoms with van der Waals surface area (Å²) in [5, 5.41) is 3.29. The van der Waals surface area contributed by atoms with Crippen LogP contribution in [0.4, 0.5) is 11.4 Å². The van der Waals surface area contributed by atoms with Crippen LogP contribution in [0, 0.1) is 6.92 Å². The number of nitrogens with one attached hydrogen (secondary N) is 1. The number of carbonyl (C=O) groups is 1. The van der Waals surface area contributed by atoms with Gasteiger partial charge in [-0.1, -0.05) is 12.1 Å². The molecule has 0 spiro atoms. The van der Waals surface area contributed by atoms with Crippen LogP contribution in [0.15, 0.2) is 67.3 Å². The minimum Gasteiger partial charge on any atom is -0.355 e. The van der Waals surface area contributed by atoms with E-state index in [2.05, 4.69) is 15.3 Å². The van der Waals surface area contributed by atoms with Crippen LogP contribution in [0.3, 0.4) is 0 Å². The molecule has 0 aliphatic carbocycles. The van der Waals surface area contributed by atoms with Gasteiger partial charge in [-0.25, -0.2) is 0 Å². The Kier molecular flexibility index (Phi) is 3.92. The molecule has 3 aromatic rings. The van der Waals surface area contributed by atoms with E-state index >= 15 is 0 Å². The number of hydrogen-bond donors (Lipinski definition) is 1. The first-order valence-corrected chi connectivity index (χ1v) is 6.96. The highest BCUT2D eigenvalue weighted by Crippen LogP contribution is 2.23. The molecule has 0 aliphatic rings. The molecular weight excluding hydrogens is 274 g/mol. The van der Waals surface area contributed by atoms with E-state index in [0.29, 0.717) is 11.1 Å². The Bertz CT molecular complexity index is 800. The topological polar surface area (TPSA) is 54.9 Å². The van der Waals surface area contributed by atoms with Crippen LogP contribution in [0.25, 0.3) is 0 Å². The van der Waals surface area contributed by atoms with Gasteiger partial charge >= 0.3 is 0 Å². The van der Waals surface area contributed by atoms with Crippen molar-refractivity contribution in [3.63, 3.8) is 0 Å². The highest BCUT2D eigenvalue weighted by molar-refractivity contribution is 6.12. The van der Waals surface area contributed by atoms with Gasteiger partial charge in [0.2, 0.25) is 0 Å². The summed E-state index contributed by atoms with van der Waals surface area (Å²) in [4.78, 5) is 20.6. The molecular formula is C18H15N3O. The highest BCUT2D eigenvalue weighted by atomic mass is 16.1. The Morgan fingerprint density at radius 2 is 1.77 bits per heavy atom. The maximum atomic E-state index is 12.6. The van der Waals surface area contributed by atoms with Crippen molar-refractivity contribution in [1.29, 1.82) is 0 Å². The standard InChI is InChI=1S/C18H15N3O/c1-13-3-2-4-15(11-13)21-17-7-10-20-12-16(17)18(22)14-5-8-19-9-6-14/h2-12H,1H3,(H,20,21). The second-order valence-corrected chi connectivity index (χ2v) is 4.98. The van der Waals surface area contributed by atoms with E-state index < -0.39 is 0 Å². The summed E-state index contributed by atoms with van der Waals surface area (Å²) in [7, 11) is 0. The number of aryl methyl sites for hydroxylation is 1. The number of nitrogens with zero attached hydrogens (tertiary/aromatic N) is 2. The first-order valence-electron chi connectivity index (χ1n) is 6.96. The number of ketones is 1. The lowest BCUT2D eigenvalue weighted by Crippen LogP contribution is -2.06. The second kappa shape index (κ2) is 6.18. The maximum Gasteiger partial charge on any atom is 0.196 e. The van der Waals surface area contributed by atoms with Crippen LogP contribution in [-0.4, -0.2) is 15.8 Å². The van der Waals surface area contributed by atoms with Gasteiger partial charge in [-0.2, -0.15) is 0 Å². The van der Waals surface area contributed by atoms with Gasteiger partial charge < -0.3 is 5.32 Å².